The number of nitriles is 1. The highest BCUT2D eigenvalue weighted by atomic mass is 16.3. The van der Waals surface area contributed by atoms with Gasteiger partial charge in [0.25, 0.3) is 5.91 Å². The molecule has 29 heavy (non-hydrogen) atoms. The number of nitrogens with zero attached hydrogens (tertiary/aromatic N) is 2. The van der Waals surface area contributed by atoms with E-state index in [0.717, 1.165) is 33.8 Å². The molecular formula is C24H23N3O2. The van der Waals surface area contributed by atoms with Gasteiger partial charge >= 0.3 is 0 Å². The van der Waals surface area contributed by atoms with Gasteiger partial charge in [0.15, 0.2) is 0 Å². The Hall–Kier alpha value is -3.78. The number of benzene rings is 2. The molecule has 0 fully saturated rings. The molecule has 1 heterocycles. The van der Waals surface area contributed by atoms with Crippen molar-refractivity contribution in [3.63, 3.8) is 0 Å². The molecule has 0 aliphatic heterocycles. The molecule has 0 spiro atoms. The van der Waals surface area contributed by atoms with Crippen molar-refractivity contribution in [2.24, 2.45) is 0 Å². The van der Waals surface area contributed by atoms with E-state index in [2.05, 4.69) is 35.9 Å². The molecule has 2 aromatic carbocycles. The van der Waals surface area contributed by atoms with Gasteiger partial charge in [-0.15, -0.1) is 0 Å². The summed E-state index contributed by atoms with van der Waals surface area (Å²) < 4.78 is 2.16. The quantitative estimate of drug-likeness (QED) is 0.378. The molecule has 0 saturated carbocycles. The Morgan fingerprint density at radius 1 is 1.07 bits per heavy atom. The van der Waals surface area contributed by atoms with Crippen LogP contribution in [0, 0.1) is 39.0 Å². The molecule has 0 saturated heterocycles. The molecule has 3 rings (SSSR count). The van der Waals surface area contributed by atoms with E-state index in [1.165, 1.54) is 12.1 Å². The Balaban J connectivity index is 1.98. The molecule has 1 aromatic heterocycles. The molecule has 0 bridgehead atoms. The van der Waals surface area contributed by atoms with Crippen molar-refractivity contribution in [2.45, 2.75) is 27.7 Å². The number of phenols is 1. The van der Waals surface area contributed by atoms with E-state index in [1.807, 2.05) is 32.0 Å². The maximum atomic E-state index is 12.5. The summed E-state index contributed by atoms with van der Waals surface area (Å²) in [6.07, 6.45) is 1.61. The number of phenolic OH excluding ortho intramolecular Hbond substituents is 1. The van der Waals surface area contributed by atoms with Gasteiger partial charge in [-0.25, -0.2) is 0 Å². The summed E-state index contributed by atoms with van der Waals surface area (Å²) in [5.41, 5.74) is 6.78. The van der Waals surface area contributed by atoms with Crippen LogP contribution in [0.1, 0.15) is 28.1 Å². The van der Waals surface area contributed by atoms with Crippen LogP contribution in [0.3, 0.4) is 0 Å². The summed E-state index contributed by atoms with van der Waals surface area (Å²) >= 11 is 0. The van der Waals surface area contributed by atoms with Crippen molar-refractivity contribution < 1.29 is 9.90 Å². The molecule has 0 aliphatic rings. The van der Waals surface area contributed by atoms with Crippen LogP contribution in [-0.4, -0.2) is 15.6 Å². The van der Waals surface area contributed by atoms with E-state index in [1.54, 1.807) is 18.2 Å². The zero-order valence-corrected chi connectivity index (χ0v) is 16.9. The summed E-state index contributed by atoms with van der Waals surface area (Å²) in [5.74, 6) is -0.381. The lowest BCUT2D eigenvalue weighted by Gasteiger charge is -2.15. The number of nitrogens with one attached hydrogen (secondary N) is 1. The van der Waals surface area contributed by atoms with Crippen molar-refractivity contribution in [3.05, 3.63) is 82.2 Å². The first-order valence-electron chi connectivity index (χ1n) is 9.29. The monoisotopic (exact) mass is 385 g/mol. The van der Waals surface area contributed by atoms with Crippen LogP contribution >= 0.6 is 0 Å². The third kappa shape index (κ3) is 4.07. The number of aromatic hydroxyl groups is 1. The molecular weight excluding hydrogens is 362 g/mol. The van der Waals surface area contributed by atoms with Crippen molar-refractivity contribution in [2.75, 3.05) is 5.32 Å². The molecule has 0 unspecified atom stereocenters. The summed E-state index contributed by atoms with van der Waals surface area (Å²) in [5, 5.41) is 21.6. The minimum Gasteiger partial charge on any atom is -0.508 e. The lowest BCUT2D eigenvalue weighted by molar-refractivity contribution is -0.112. The molecule has 146 valence electrons. The van der Waals surface area contributed by atoms with E-state index < -0.39 is 5.91 Å². The Morgan fingerprint density at radius 3 is 2.28 bits per heavy atom. The van der Waals surface area contributed by atoms with Gasteiger partial charge in [0.1, 0.15) is 17.4 Å². The lowest BCUT2D eigenvalue weighted by atomic mass is 10.1. The first-order valence-corrected chi connectivity index (χ1v) is 9.29. The molecule has 0 aliphatic carbocycles. The van der Waals surface area contributed by atoms with Crippen molar-refractivity contribution in [1.29, 1.82) is 5.26 Å². The van der Waals surface area contributed by atoms with Crippen LogP contribution in [-0.2, 0) is 4.79 Å². The number of aryl methyl sites for hydroxylation is 3. The van der Waals surface area contributed by atoms with Gasteiger partial charge < -0.3 is 15.0 Å². The molecule has 5 heteroatoms. The first kappa shape index (κ1) is 20.0. The maximum Gasteiger partial charge on any atom is 0.266 e. The minimum atomic E-state index is -0.491. The van der Waals surface area contributed by atoms with E-state index in [-0.39, 0.29) is 11.3 Å². The Labute approximate surface area is 170 Å². The number of carbonyl (C=O) groups is 1. The third-order valence-electron chi connectivity index (χ3n) is 4.92. The van der Waals surface area contributed by atoms with Crippen LogP contribution in [0.2, 0.25) is 0 Å². The van der Waals surface area contributed by atoms with Crippen molar-refractivity contribution in [1.82, 2.24) is 4.57 Å². The van der Waals surface area contributed by atoms with E-state index in [9.17, 15) is 15.2 Å². The molecule has 0 radical (unpaired) electrons. The first-order chi connectivity index (χ1) is 13.8. The summed E-state index contributed by atoms with van der Waals surface area (Å²) in [6.45, 7) is 8.14. The van der Waals surface area contributed by atoms with Crippen molar-refractivity contribution >= 4 is 17.7 Å². The fraction of sp³-hybridized carbons (Fsp3) is 0.167. The summed E-state index contributed by atoms with van der Waals surface area (Å²) in [4.78, 5) is 12.5. The second-order valence-corrected chi connectivity index (χ2v) is 7.07. The standard InChI is InChI=1S/C24H23N3O2/c1-15-6-5-7-16(2)23(15)27-17(3)12-19(18(27)4)13-20(14-25)24(29)26-21-8-10-22(28)11-9-21/h5-13,28H,1-4H3,(H,26,29). The van der Waals surface area contributed by atoms with Crippen molar-refractivity contribution in [3.8, 4) is 17.5 Å². The van der Waals surface area contributed by atoms with Crippen LogP contribution in [0.5, 0.6) is 5.75 Å². The van der Waals surface area contributed by atoms with Gasteiger partial charge in [0.05, 0.1) is 5.69 Å². The highest BCUT2D eigenvalue weighted by molar-refractivity contribution is 6.09. The largest absolute Gasteiger partial charge is 0.508 e. The Morgan fingerprint density at radius 2 is 1.69 bits per heavy atom. The minimum absolute atomic E-state index is 0.0137. The SMILES string of the molecule is Cc1cccc(C)c1-n1c(C)cc(C=C(C#N)C(=O)Nc2ccc(O)cc2)c1C. The number of hydrogen-bond acceptors (Lipinski definition) is 3. The van der Waals surface area contributed by atoms with E-state index in [0.29, 0.717) is 5.69 Å². The summed E-state index contributed by atoms with van der Waals surface area (Å²) in [6, 6.07) is 16.3. The predicted octanol–water partition coefficient (Wildman–Crippen LogP) is 4.96. The molecule has 1 amide bonds. The number of para-hydroxylation sites is 1. The number of anilines is 1. The predicted molar refractivity (Wildman–Crippen MR) is 115 cm³/mol. The number of carbonyl (C=O) groups excluding carboxylic acids is 1. The number of aromatic nitrogens is 1. The van der Waals surface area contributed by atoms with Gasteiger partial charge in [0.2, 0.25) is 0 Å². The third-order valence-corrected chi connectivity index (χ3v) is 4.92. The molecule has 2 N–H and O–H groups in total. The fourth-order valence-electron chi connectivity index (χ4n) is 3.48. The van der Waals surface area contributed by atoms with Gasteiger partial charge in [0, 0.05) is 17.1 Å². The average molecular weight is 385 g/mol. The van der Waals surface area contributed by atoms with Gasteiger partial charge in [-0.3, -0.25) is 4.79 Å². The normalized spacial score (nSPS) is 11.2. The lowest BCUT2D eigenvalue weighted by Crippen LogP contribution is -2.13. The van der Waals surface area contributed by atoms with Crippen LogP contribution in [0.4, 0.5) is 5.69 Å². The number of hydrogen-bond donors (Lipinski definition) is 2. The van der Waals surface area contributed by atoms with Gasteiger partial charge in [-0.2, -0.15) is 5.26 Å². The fourth-order valence-corrected chi connectivity index (χ4v) is 3.48. The molecule has 3 aromatic rings. The smallest absolute Gasteiger partial charge is 0.266 e. The Kier molecular flexibility index (Phi) is 5.56. The zero-order chi connectivity index (χ0) is 21.1. The Bertz CT molecular complexity index is 1130. The highest BCUT2D eigenvalue weighted by Gasteiger charge is 2.16. The van der Waals surface area contributed by atoms with Gasteiger partial charge in [-0.05, 0) is 80.8 Å². The zero-order valence-electron chi connectivity index (χ0n) is 16.9. The molecule has 5 nitrogen and oxygen atoms in total. The van der Waals surface area contributed by atoms with E-state index >= 15 is 0 Å². The second-order valence-electron chi connectivity index (χ2n) is 7.07. The maximum absolute atomic E-state index is 12.5. The summed E-state index contributed by atoms with van der Waals surface area (Å²) in [7, 11) is 0. The van der Waals surface area contributed by atoms with Gasteiger partial charge in [-0.1, -0.05) is 18.2 Å². The van der Waals surface area contributed by atoms with Crippen LogP contribution in [0.15, 0.2) is 54.1 Å². The number of rotatable bonds is 4. The average Bonchev–Trinajstić information content (AvgIpc) is 2.95. The van der Waals surface area contributed by atoms with E-state index in [4.69, 9.17) is 0 Å². The number of amides is 1. The second kappa shape index (κ2) is 8.07. The topological polar surface area (TPSA) is 78.0 Å². The van der Waals surface area contributed by atoms with Crippen LogP contribution in [0.25, 0.3) is 11.8 Å². The highest BCUT2D eigenvalue weighted by Crippen LogP contribution is 2.27. The van der Waals surface area contributed by atoms with Crippen LogP contribution < -0.4 is 5.32 Å². The molecule has 0 atom stereocenters.